The van der Waals surface area contributed by atoms with Gasteiger partial charge in [-0.05, 0) is 114 Å². The van der Waals surface area contributed by atoms with E-state index in [1.807, 2.05) is 0 Å². The third-order valence-electron chi connectivity index (χ3n) is 10.3. The molecule has 9 rings (SSSR count). The Morgan fingerprint density at radius 1 is 0.440 bits per heavy atom. The van der Waals surface area contributed by atoms with E-state index in [1.54, 1.807) is 24.3 Å². The number of anilines is 1. The fourth-order valence-corrected chi connectivity index (χ4v) is 7.69. The van der Waals surface area contributed by atoms with Gasteiger partial charge in [0.2, 0.25) is 0 Å². The van der Waals surface area contributed by atoms with E-state index in [0.29, 0.717) is 5.69 Å². The zero-order valence-corrected chi connectivity index (χ0v) is 28.6. The molecule has 242 valence electrons. The minimum atomic E-state index is -0.0705. The van der Waals surface area contributed by atoms with E-state index < -0.39 is 0 Å². The Morgan fingerprint density at radius 3 is 1.72 bits per heavy atom. The molecule has 0 spiro atoms. The van der Waals surface area contributed by atoms with Crippen LogP contribution in [0.1, 0.15) is 30.5 Å². The Labute approximate surface area is 294 Å². The fraction of sp³-hybridized carbons (Fsp3) is 0.0833. The minimum Gasteiger partial charge on any atom is -0.506 e. The molecular formula is C48H39NO. The van der Waals surface area contributed by atoms with Gasteiger partial charge >= 0.3 is 0 Å². The maximum atomic E-state index is 8.79. The van der Waals surface area contributed by atoms with Crippen LogP contribution in [-0.2, 0) is 5.41 Å². The summed E-state index contributed by atoms with van der Waals surface area (Å²) < 4.78 is 0. The lowest BCUT2D eigenvalue weighted by Gasteiger charge is -2.24. The molecule has 0 atom stereocenters. The van der Waals surface area contributed by atoms with Gasteiger partial charge in [-0.25, -0.2) is 0 Å². The monoisotopic (exact) mass is 645 g/mol. The molecular weight excluding hydrogens is 607 g/mol. The van der Waals surface area contributed by atoms with Gasteiger partial charge in [0.25, 0.3) is 0 Å². The number of fused-ring (bicyclic) bond motifs is 5. The number of nitrogen functional groups attached to an aromatic ring is 1. The Kier molecular flexibility index (Phi) is 7.73. The van der Waals surface area contributed by atoms with E-state index in [4.69, 9.17) is 10.8 Å². The zero-order chi connectivity index (χ0) is 34.4. The van der Waals surface area contributed by atoms with Crippen molar-refractivity contribution in [1.29, 1.82) is 0 Å². The summed E-state index contributed by atoms with van der Waals surface area (Å²) in [7, 11) is 0. The number of phenolic OH excluding ortho intramolecular Hbond substituents is 1. The molecule has 8 aromatic rings. The average molecular weight is 646 g/mol. The van der Waals surface area contributed by atoms with Crippen LogP contribution in [0.3, 0.4) is 0 Å². The maximum absolute atomic E-state index is 8.79. The highest BCUT2D eigenvalue weighted by Gasteiger charge is 2.36. The SMILES string of the molecule is Cc1ccc(-c2c3ccccc3c(-c3cccc(-c4ccccc4)c3)c3cc4c(cc23)-c2ccccc2C4(C)C)cc1.Nc1ccccc1O. The predicted molar refractivity (Wildman–Crippen MR) is 213 cm³/mol. The largest absolute Gasteiger partial charge is 0.506 e. The summed E-state index contributed by atoms with van der Waals surface area (Å²) in [5.41, 5.74) is 20.0. The van der Waals surface area contributed by atoms with Crippen LogP contribution in [-0.4, -0.2) is 5.11 Å². The maximum Gasteiger partial charge on any atom is 0.138 e. The lowest BCUT2D eigenvalue weighted by molar-refractivity contribution is 0.478. The summed E-state index contributed by atoms with van der Waals surface area (Å²) in [6.07, 6.45) is 0. The van der Waals surface area contributed by atoms with Crippen LogP contribution >= 0.6 is 0 Å². The van der Waals surface area contributed by atoms with Crippen molar-refractivity contribution in [3.63, 3.8) is 0 Å². The summed E-state index contributed by atoms with van der Waals surface area (Å²) in [6.45, 7) is 6.91. The van der Waals surface area contributed by atoms with Crippen molar-refractivity contribution in [2.45, 2.75) is 26.2 Å². The summed E-state index contributed by atoms with van der Waals surface area (Å²) in [5.74, 6) is 0.146. The molecule has 0 saturated carbocycles. The Hall–Kier alpha value is -6.12. The topological polar surface area (TPSA) is 46.2 Å². The van der Waals surface area contributed by atoms with Gasteiger partial charge in [0, 0.05) is 5.41 Å². The van der Waals surface area contributed by atoms with E-state index in [2.05, 4.69) is 160 Å². The van der Waals surface area contributed by atoms with Crippen molar-refractivity contribution in [1.82, 2.24) is 0 Å². The number of hydrogen-bond acceptors (Lipinski definition) is 2. The van der Waals surface area contributed by atoms with Crippen LogP contribution in [0, 0.1) is 6.92 Å². The highest BCUT2D eigenvalue weighted by molar-refractivity contribution is 6.22. The van der Waals surface area contributed by atoms with Crippen molar-refractivity contribution >= 4 is 27.2 Å². The van der Waals surface area contributed by atoms with Crippen molar-refractivity contribution in [3.8, 4) is 50.3 Å². The van der Waals surface area contributed by atoms with Gasteiger partial charge in [0.05, 0.1) is 5.69 Å². The Morgan fingerprint density at radius 2 is 1.02 bits per heavy atom. The minimum absolute atomic E-state index is 0.0705. The van der Waals surface area contributed by atoms with E-state index >= 15 is 0 Å². The van der Waals surface area contributed by atoms with Gasteiger partial charge in [0.15, 0.2) is 0 Å². The molecule has 2 heteroatoms. The van der Waals surface area contributed by atoms with Crippen molar-refractivity contribution < 1.29 is 5.11 Å². The van der Waals surface area contributed by atoms with Gasteiger partial charge in [-0.1, -0.05) is 153 Å². The second-order valence-corrected chi connectivity index (χ2v) is 13.8. The third-order valence-corrected chi connectivity index (χ3v) is 10.3. The highest BCUT2D eigenvalue weighted by atomic mass is 16.3. The molecule has 0 fully saturated rings. The van der Waals surface area contributed by atoms with E-state index in [9.17, 15) is 0 Å². The molecule has 50 heavy (non-hydrogen) atoms. The third kappa shape index (κ3) is 5.30. The molecule has 0 bridgehead atoms. The summed E-state index contributed by atoms with van der Waals surface area (Å²) in [6, 6.07) is 58.5. The second-order valence-electron chi connectivity index (χ2n) is 13.8. The quantitative estimate of drug-likeness (QED) is 0.114. The standard InChI is InChI=1S/C42H32.C6H7NO/c1-27-20-22-29(23-21-27)40-33-17-7-8-18-34(33)41(31-15-11-14-30(24-31)28-12-5-4-6-13-28)37-26-39-35(25-36(37)40)32-16-9-10-19-38(32)42(39,2)3;7-5-3-1-2-4-6(5)8/h4-26H,1-3H3;1-4,8H,7H2. The first-order chi connectivity index (χ1) is 24.3. The van der Waals surface area contributed by atoms with Crippen LogP contribution in [0.4, 0.5) is 5.69 Å². The van der Waals surface area contributed by atoms with Crippen molar-refractivity contribution in [2.75, 3.05) is 5.73 Å². The molecule has 0 amide bonds. The fourth-order valence-electron chi connectivity index (χ4n) is 7.69. The Bertz CT molecular complexity index is 2510. The molecule has 0 radical (unpaired) electrons. The number of benzene rings is 8. The number of nitrogens with two attached hydrogens (primary N) is 1. The lowest BCUT2D eigenvalue weighted by Crippen LogP contribution is -2.14. The molecule has 1 aliphatic carbocycles. The van der Waals surface area contributed by atoms with E-state index in [1.165, 1.54) is 82.7 Å². The molecule has 8 aromatic carbocycles. The number of rotatable bonds is 3. The first kappa shape index (κ1) is 31.2. The van der Waals surface area contributed by atoms with Crippen LogP contribution < -0.4 is 5.73 Å². The normalized spacial score (nSPS) is 12.6. The predicted octanol–water partition coefficient (Wildman–Crippen LogP) is 12.6. The highest BCUT2D eigenvalue weighted by Crippen LogP contribution is 2.53. The molecule has 0 saturated heterocycles. The second kappa shape index (κ2) is 12.4. The molecule has 0 unspecified atom stereocenters. The lowest BCUT2D eigenvalue weighted by atomic mass is 9.79. The molecule has 1 aliphatic rings. The summed E-state index contributed by atoms with van der Waals surface area (Å²) in [4.78, 5) is 0. The van der Waals surface area contributed by atoms with Crippen LogP contribution in [0.5, 0.6) is 5.75 Å². The van der Waals surface area contributed by atoms with Gasteiger partial charge < -0.3 is 10.8 Å². The van der Waals surface area contributed by atoms with Gasteiger partial charge in [-0.2, -0.15) is 0 Å². The number of aromatic hydroxyl groups is 1. The van der Waals surface area contributed by atoms with E-state index in [0.717, 1.165) is 0 Å². The Balaban J connectivity index is 0.000000400. The first-order valence-corrected chi connectivity index (χ1v) is 17.2. The van der Waals surface area contributed by atoms with Crippen molar-refractivity contribution in [3.05, 3.63) is 180 Å². The molecule has 3 N–H and O–H groups in total. The van der Waals surface area contributed by atoms with Crippen LogP contribution in [0.25, 0.3) is 66.1 Å². The van der Waals surface area contributed by atoms with Crippen molar-refractivity contribution in [2.24, 2.45) is 0 Å². The smallest absolute Gasteiger partial charge is 0.138 e. The molecule has 0 aliphatic heterocycles. The summed E-state index contributed by atoms with van der Waals surface area (Å²) >= 11 is 0. The molecule has 0 heterocycles. The van der Waals surface area contributed by atoms with Crippen LogP contribution in [0.2, 0.25) is 0 Å². The molecule has 0 aromatic heterocycles. The van der Waals surface area contributed by atoms with E-state index in [-0.39, 0.29) is 11.2 Å². The first-order valence-electron chi connectivity index (χ1n) is 17.2. The molecule has 2 nitrogen and oxygen atoms in total. The van der Waals surface area contributed by atoms with Gasteiger partial charge in [-0.3, -0.25) is 0 Å². The number of para-hydroxylation sites is 2. The average Bonchev–Trinajstić information content (AvgIpc) is 3.37. The van der Waals surface area contributed by atoms with Gasteiger partial charge in [-0.15, -0.1) is 0 Å². The van der Waals surface area contributed by atoms with Gasteiger partial charge in [0.1, 0.15) is 5.75 Å². The van der Waals surface area contributed by atoms with Crippen LogP contribution in [0.15, 0.2) is 164 Å². The number of phenols is 1. The summed E-state index contributed by atoms with van der Waals surface area (Å²) in [5, 5.41) is 14.0. The number of hydrogen-bond donors (Lipinski definition) is 2. The zero-order valence-electron chi connectivity index (χ0n) is 28.6. The number of aryl methyl sites for hydroxylation is 1.